The normalized spacial score (nSPS) is 14.8. The van der Waals surface area contributed by atoms with E-state index >= 15 is 0 Å². The fraction of sp³-hybridized carbons (Fsp3) is 0.364. The first-order chi connectivity index (χ1) is 14.6. The van der Waals surface area contributed by atoms with Crippen LogP contribution in [-0.2, 0) is 0 Å². The van der Waals surface area contributed by atoms with Gasteiger partial charge in [-0.3, -0.25) is 9.69 Å². The van der Waals surface area contributed by atoms with Crippen molar-refractivity contribution in [3.05, 3.63) is 52.5 Å². The highest BCUT2D eigenvalue weighted by molar-refractivity contribution is 9.10. The molecule has 0 bridgehead atoms. The molecule has 6 nitrogen and oxygen atoms in total. The Morgan fingerprint density at radius 1 is 1.20 bits per heavy atom. The summed E-state index contributed by atoms with van der Waals surface area (Å²) in [6, 6.07) is 13.6. The number of carbonyl (C=O) groups is 1. The molecule has 4 rings (SSSR count). The highest BCUT2D eigenvalue weighted by atomic mass is 79.9. The van der Waals surface area contributed by atoms with Crippen LogP contribution in [-0.4, -0.2) is 61.7 Å². The van der Waals surface area contributed by atoms with Crippen LogP contribution in [0, 0.1) is 0 Å². The lowest BCUT2D eigenvalue weighted by Gasteiger charge is -2.34. The van der Waals surface area contributed by atoms with Crippen LogP contribution in [0.5, 0.6) is 5.75 Å². The van der Waals surface area contributed by atoms with Crippen LogP contribution in [0.3, 0.4) is 0 Å². The number of benzene rings is 2. The number of thiazole rings is 1. The van der Waals surface area contributed by atoms with Crippen molar-refractivity contribution in [2.24, 2.45) is 0 Å². The summed E-state index contributed by atoms with van der Waals surface area (Å²) in [6.45, 7) is 7.96. The number of nitrogens with one attached hydrogen (secondary N) is 1. The molecular formula is C22H25BrN4O2S. The van der Waals surface area contributed by atoms with Gasteiger partial charge in [-0.15, -0.1) is 0 Å². The molecule has 0 spiro atoms. The first-order valence-electron chi connectivity index (χ1n) is 10.2. The Hall–Kier alpha value is -2.16. The van der Waals surface area contributed by atoms with Crippen LogP contribution < -0.4 is 15.0 Å². The summed E-state index contributed by atoms with van der Waals surface area (Å²) in [5.74, 6) is 0.858. The largest absolute Gasteiger partial charge is 0.494 e. The van der Waals surface area contributed by atoms with Gasteiger partial charge in [-0.2, -0.15) is 0 Å². The molecule has 2 aromatic carbocycles. The Bertz CT molecular complexity index is 1020. The second-order valence-electron chi connectivity index (χ2n) is 7.12. The van der Waals surface area contributed by atoms with Crippen molar-refractivity contribution in [3.63, 3.8) is 0 Å². The van der Waals surface area contributed by atoms with Crippen molar-refractivity contribution in [1.29, 1.82) is 0 Å². The number of piperazine rings is 1. The lowest BCUT2D eigenvalue weighted by Crippen LogP contribution is -2.48. The number of carbonyl (C=O) groups excluding carboxylic acids is 1. The van der Waals surface area contributed by atoms with Crippen LogP contribution in [0.2, 0.25) is 0 Å². The zero-order chi connectivity index (χ0) is 20.9. The molecule has 0 aliphatic carbocycles. The number of rotatable bonds is 7. The predicted molar refractivity (Wildman–Crippen MR) is 126 cm³/mol. The van der Waals surface area contributed by atoms with E-state index in [2.05, 4.69) is 37.1 Å². The van der Waals surface area contributed by atoms with Gasteiger partial charge in [0.15, 0.2) is 5.13 Å². The average molecular weight is 489 g/mol. The van der Waals surface area contributed by atoms with Gasteiger partial charge in [0.05, 0.1) is 22.4 Å². The minimum absolute atomic E-state index is 0.0398. The molecule has 0 unspecified atom stereocenters. The minimum atomic E-state index is -0.0398. The molecule has 0 radical (unpaired) electrons. The predicted octanol–water partition coefficient (Wildman–Crippen LogP) is 4.01. The molecule has 1 N–H and O–H groups in total. The van der Waals surface area contributed by atoms with E-state index in [1.165, 1.54) is 0 Å². The monoisotopic (exact) mass is 488 g/mol. The number of amides is 1. The number of halogens is 1. The second-order valence-corrected chi connectivity index (χ2v) is 8.99. The van der Waals surface area contributed by atoms with Gasteiger partial charge in [-0.05, 0) is 53.2 Å². The maximum Gasteiger partial charge on any atom is 0.252 e. The molecule has 30 heavy (non-hydrogen) atoms. The third-order valence-electron chi connectivity index (χ3n) is 5.13. The molecule has 0 atom stereocenters. The van der Waals surface area contributed by atoms with E-state index in [4.69, 9.17) is 9.72 Å². The molecule has 0 saturated carbocycles. The van der Waals surface area contributed by atoms with Crippen molar-refractivity contribution < 1.29 is 9.53 Å². The van der Waals surface area contributed by atoms with Gasteiger partial charge in [0.2, 0.25) is 0 Å². The Labute approximate surface area is 189 Å². The Kier molecular flexibility index (Phi) is 6.86. The lowest BCUT2D eigenvalue weighted by molar-refractivity contribution is 0.0947. The van der Waals surface area contributed by atoms with E-state index in [0.717, 1.165) is 58.3 Å². The number of hydrogen-bond donors (Lipinski definition) is 1. The third kappa shape index (κ3) is 4.94. The highest BCUT2D eigenvalue weighted by Crippen LogP contribution is 2.31. The van der Waals surface area contributed by atoms with E-state index in [9.17, 15) is 4.79 Å². The number of aromatic nitrogens is 1. The van der Waals surface area contributed by atoms with E-state index in [-0.39, 0.29) is 5.91 Å². The summed E-state index contributed by atoms with van der Waals surface area (Å²) >= 11 is 5.15. The molecular weight excluding hydrogens is 464 g/mol. The van der Waals surface area contributed by atoms with Gasteiger partial charge in [-0.25, -0.2) is 4.98 Å². The first-order valence-corrected chi connectivity index (χ1v) is 11.8. The molecule has 1 aliphatic rings. The smallest absolute Gasteiger partial charge is 0.252 e. The van der Waals surface area contributed by atoms with Crippen molar-refractivity contribution in [2.75, 3.05) is 50.8 Å². The Morgan fingerprint density at radius 3 is 2.77 bits per heavy atom. The van der Waals surface area contributed by atoms with Gasteiger partial charge in [-0.1, -0.05) is 23.5 Å². The minimum Gasteiger partial charge on any atom is -0.494 e. The fourth-order valence-corrected chi connectivity index (χ4v) is 5.03. The summed E-state index contributed by atoms with van der Waals surface area (Å²) in [7, 11) is 0. The van der Waals surface area contributed by atoms with Crippen LogP contribution >= 0.6 is 27.3 Å². The van der Waals surface area contributed by atoms with Gasteiger partial charge in [0, 0.05) is 43.7 Å². The molecule has 1 amide bonds. The average Bonchev–Trinajstić information content (AvgIpc) is 3.18. The van der Waals surface area contributed by atoms with Crippen molar-refractivity contribution in [3.8, 4) is 5.75 Å². The third-order valence-corrected chi connectivity index (χ3v) is 6.90. The summed E-state index contributed by atoms with van der Waals surface area (Å²) in [6.07, 6.45) is 0. The van der Waals surface area contributed by atoms with Gasteiger partial charge in [0.1, 0.15) is 5.75 Å². The number of anilines is 1. The number of fused-ring (bicyclic) bond motifs is 1. The van der Waals surface area contributed by atoms with E-state index in [1.54, 1.807) is 11.3 Å². The van der Waals surface area contributed by atoms with Gasteiger partial charge >= 0.3 is 0 Å². The molecule has 1 saturated heterocycles. The maximum atomic E-state index is 12.3. The fourth-order valence-electron chi connectivity index (χ4n) is 3.52. The molecule has 1 aromatic heterocycles. The van der Waals surface area contributed by atoms with Crippen molar-refractivity contribution >= 4 is 48.5 Å². The summed E-state index contributed by atoms with van der Waals surface area (Å²) in [4.78, 5) is 21.8. The van der Waals surface area contributed by atoms with Crippen LogP contribution in [0.4, 0.5) is 5.13 Å². The highest BCUT2D eigenvalue weighted by Gasteiger charge is 2.20. The SMILES string of the molecule is CCOc1ccc2nc(N3CCN(CCNC(=O)c4ccccc4Br)CC3)sc2c1. The quantitative estimate of drug-likeness (QED) is 0.544. The van der Waals surface area contributed by atoms with Gasteiger partial charge in [0.25, 0.3) is 5.91 Å². The number of ether oxygens (including phenoxy) is 1. The second kappa shape index (κ2) is 9.76. The summed E-state index contributed by atoms with van der Waals surface area (Å²) < 4.78 is 7.58. The Morgan fingerprint density at radius 2 is 2.00 bits per heavy atom. The van der Waals surface area contributed by atoms with E-state index < -0.39 is 0 Å². The van der Waals surface area contributed by atoms with E-state index in [1.807, 2.05) is 43.3 Å². The standard InChI is InChI=1S/C22H25BrN4O2S/c1-2-29-16-7-8-19-20(15-16)30-22(25-19)27-13-11-26(12-14-27)10-9-24-21(28)17-5-3-4-6-18(17)23/h3-8,15H,2,9-14H2,1H3,(H,24,28). The molecule has 2 heterocycles. The van der Waals surface area contributed by atoms with Crippen molar-refractivity contribution in [1.82, 2.24) is 15.2 Å². The number of hydrogen-bond acceptors (Lipinski definition) is 6. The molecule has 1 aliphatic heterocycles. The molecule has 3 aromatic rings. The maximum absolute atomic E-state index is 12.3. The van der Waals surface area contributed by atoms with Gasteiger partial charge < -0.3 is 15.0 Å². The molecule has 8 heteroatoms. The van der Waals surface area contributed by atoms with Crippen LogP contribution in [0.15, 0.2) is 46.9 Å². The molecule has 1 fully saturated rings. The van der Waals surface area contributed by atoms with Crippen molar-refractivity contribution in [2.45, 2.75) is 6.92 Å². The number of nitrogens with zero attached hydrogens (tertiary/aromatic N) is 3. The van der Waals surface area contributed by atoms with E-state index in [0.29, 0.717) is 18.7 Å². The zero-order valence-corrected chi connectivity index (χ0v) is 19.3. The zero-order valence-electron chi connectivity index (χ0n) is 16.9. The summed E-state index contributed by atoms with van der Waals surface area (Å²) in [5.41, 5.74) is 1.70. The Balaban J connectivity index is 1.26. The lowest BCUT2D eigenvalue weighted by atomic mass is 10.2. The summed E-state index contributed by atoms with van der Waals surface area (Å²) in [5, 5.41) is 4.09. The topological polar surface area (TPSA) is 57.7 Å². The van der Waals surface area contributed by atoms with Crippen LogP contribution in [0.1, 0.15) is 17.3 Å². The first kappa shape index (κ1) is 21.1. The van der Waals surface area contributed by atoms with Crippen LogP contribution in [0.25, 0.3) is 10.2 Å². The molecule has 158 valence electrons.